The fraction of sp³-hybridized carbons (Fsp3) is 0.333. The van der Waals surface area contributed by atoms with Gasteiger partial charge in [0.2, 0.25) is 0 Å². The van der Waals surface area contributed by atoms with Crippen LogP contribution in [0.4, 0.5) is 0 Å². The Morgan fingerprint density at radius 1 is 0.391 bits per heavy atom. The zero-order valence-corrected chi connectivity index (χ0v) is 13.9. The molecule has 0 radical (unpaired) electrons. The molecular weight excluding hydrogens is 650 g/mol. The maximum atomic E-state index is 9.28. The average Bonchev–Trinajstić information content (AvgIpc) is 2.10. The third kappa shape index (κ3) is 62.2. The van der Waals surface area contributed by atoms with Crippen molar-refractivity contribution in [1.82, 2.24) is 0 Å². The quantitative estimate of drug-likeness (QED) is 0.242. The minimum Gasteiger partial charge on any atom is -0.550 e. The number of hydrogen-bond acceptors (Lipinski definition) is 12. The zero-order valence-electron chi connectivity index (χ0n) is 10.5. The van der Waals surface area contributed by atoms with E-state index in [4.69, 9.17) is 0 Å². The smallest absolute Gasteiger partial charge is 0.550 e. The molecule has 0 spiro atoms. The van der Waals surface area contributed by atoms with E-state index in [1.807, 2.05) is 0 Å². The summed E-state index contributed by atoms with van der Waals surface area (Å²) in [5.41, 5.74) is 0. The minimum absolute atomic E-state index is 0. The van der Waals surface area contributed by atoms with Gasteiger partial charge in [-0.15, -0.1) is 0 Å². The number of carboxylic acids is 6. The third-order valence-electron chi connectivity index (χ3n) is 0.866. The van der Waals surface area contributed by atoms with Crippen LogP contribution in [0.25, 0.3) is 0 Å². The molecular formula is C9H6Lu2O12. The summed E-state index contributed by atoms with van der Waals surface area (Å²) in [7, 11) is 0. The summed E-state index contributed by atoms with van der Waals surface area (Å²) in [5.74, 6) is -9.75. The zero-order chi connectivity index (χ0) is 17.6. The first kappa shape index (κ1) is 33.8. The molecule has 0 saturated carbocycles. The number of rotatable bonds is 6. The van der Waals surface area contributed by atoms with Crippen molar-refractivity contribution in [3.8, 4) is 0 Å². The van der Waals surface area contributed by atoms with Crippen LogP contribution in [0.5, 0.6) is 0 Å². The summed E-state index contributed by atoms with van der Waals surface area (Å²) >= 11 is 0. The van der Waals surface area contributed by atoms with Crippen molar-refractivity contribution < 1.29 is 133 Å². The fourth-order valence-electron chi connectivity index (χ4n) is 0.354. The summed E-state index contributed by atoms with van der Waals surface area (Å²) in [4.78, 5) is 55.7. The largest absolute Gasteiger partial charge is 3.00 e. The Balaban J connectivity index is -0.0000000675. The number of carboxylic acid groups (broad SMARTS) is 6. The SMILES string of the molecule is O=C([O-])CC(=O)[O-].O=C([O-])CC(=O)[O-].O=C([O-])CC(=O)[O-].[Lu+3].[Lu+3]. The summed E-state index contributed by atoms with van der Waals surface area (Å²) in [6.45, 7) is 0. The van der Waals surface area contributed by atoms with Gasteiger partial charge in [-0.2, -0.15) is 0 Å². The topological polar surface area (TPSA) is 241 Å². The Morgan fingerprint density at radius 2 is 0.478 bits per heavy atom. The predicted molar refractivity (Wildman–Crippen MR) is 43.9 cm³/mol. The molecule has 0 aliphatic heterocycles. The Morgan fingerprint density at radius 3 is 0.478 bits per heavy atom. The molecule has 0 bridgehead atoms. The van der Waals surface area contributed by atoms with E-state index in [1.54, 1.807) is 0 Å². The molecule has 12 nitrogen and oxygen atoms in total. The van der Waals surface area contributed by atoms with Crippen molar-refractivity contribution in [1.29, 1.82) is 0 Å². The molecule has 0 saturated heterocycles. The fourth-order valence-corrected chi connectivity index (χ4v) is 0.354. The van der Waals surface area contributed by atoms with E-state index in [0.29, 0.717) is 0 Å². The van der Waals surface area contributed by atoms with Crippen LogP contribution in [0.2, 0.25) is 0 Å². The molecule has 14 heteroatoms. The molecule has 0 aromatic heterocycles. The molecule has 0 unspecified atom stereocenters. The molecule has 0 heterocycles. The summed E-state index contributed by atoms with van der Waals surface area (Å²) in [6, 6.07) is 0. The van der Waals surface area contributed by atoms with Crippen LogP contribution in [0.1, 0.15) is 19.3 Å². The van der Waals surface area contributed by atoms with Crippen LogP contribution < -0.4 is 30.6 Å². The van der Waals surface area contributed by atoms with Gasteiger partial charge in [0.05, 0.1) is 0 Å². The van der Waals surface area contributed by atoms with Crippen LogP contribution in [0.3, 0.4) is 0 Å². The first-order valence-corrected chi connectivity index (χ1v) is 4.57. The van der Waals surface area contributed by atoms with Crippen molar-refractivity contribution in [3.63, 3.8) is 0 Å². The maximum absolute atomic E-state index is 9.28. The number of carbonyl (C=O) groups is 6. The van der Waals surface area contributed by atoms with Crippen LogP contribution >= 0.6 is 0 Å². The van der Waals surface area contributed by atoms with E-state index in [-0.39, 0.29) is 73.7 Å². The molecule has 144 valence electrons. The molecule has 0 aliphatic rings. The number of aliphatic carboxylic acids is 6. The Hall–Kier alpha value is -0.712. The third-order valence-corrected chi connectivity index (χ3v) is 0.866. The molecule has 0 aromatic carbocycles. The van der Waals surface area contributed by atoms with Crippen molar-refractivity contribution in [2.45, 2.75) is 19.3 Å². The molecule has 0 rings (SSSR count). The standard InChI is InChI=1S/3C3H4O4.2Lu/c3*4-2(5)1-3(6)7;;/h3*1H2,(H,4,5)(H,6,7);;/q;;;2*+3/p-6. The van der Waals surface area contributed by atoms with Gasteiger partial charge in [0.1, 0.15) is 0 Å². The second-order valence-electron chi connectivity index (χ2n) is 2.76. The van der Waals surface area contributed by atoms with Gasteiger partial charge < -0.3 is 59.4 Å². The summed E-state index contributed by atoms with van der Waals surface area (Å²) < 4.78 is 0. The minimum atomic E-state index is -1.63. The van der Waals surface area contributed by atoms with E-state index in [1.165, 1.54) is 0 Å². The number of hydrogen-bond donors (Lipinski definition) is 0. The normalized spacial score (nSPS) is 7.30. The van der Waals surface area contributed by atoms with Crippen LogP contribution in [-0.2, 0) is 28.8 Å². The molecule has 0 aromatic rings. The molecule has 0 atom stereocenters. The van der Waals surface area contributed by atoms with E-state index in [0.717, 1.165) is 0 Å². The van der Waals surface area contributed by atoms with Crippen molar-refractivity contribution in [3.05, 3.63) is 0 Å². The van der Waals surface area contributed by atoms with E-state index < -0.39 is 55.1 Å². The van der Waals surface area contributed by atoms with Crippen molar-refractivity contribution >= 4 is 35.8 Å². The van der Waals surface area contributed by atoms with Gasteiger partial charge in [0.25, 0.3) is 0 Å². The molecule has 0 aliphatic carbocycles. The molecule has 23 heavy (non-hydrogen) atoms. The van der Waals surface area contributed by atoms with Gasteiger partial charge in [-0.3, -0.25) is 0 Å². The first-order chi connectivity index (χ1) is 9.38. The average molecular weight is 656 g/mol. The Labute approximate surface area is 186 Å². The van der Waals surface area contributed by atoms with Gasteiger partial charge in [-0.1, -0.05) is 0 Å². The monoisotopic (exact) mass is 656 g/mol. The van der Waals surface area contributed by atoms with E-state index in [2.05, 4.69) is 0 Å². The van der Waals surface area contributed by atoms with Gasteiger partial charge in [0, 0.05) is 55.1 Å². The van der Waals surface area contributed by atoms with E-state index >= 15 is 0 Å². The molecule has 0 amide bonds. The molecule has 0 N–H and O–H groups in total. The Kier molecular flexibility index (Phi) is 31.3. The van der Waals surface area contributed by atoms with Gasteiger partial charge in [-0.05, 0) is 0 Å². The first-order valence-electron chi connectivity index (χ1n) is 4.57. The van der Waals surface area contributed by atoms with Gasteiger partial charge in [-0.25, -0.2) is 0 Å². The maximum Gasteiger partial charge on any atom is 3.00 e. The van der Waals surface area contributed by atoms with Crippen LogP contribution in [0, 0.1) is 73.7 Å². The summed E-state index contributed by atoms with van der Waals surface area (Å²) in [6.07, 6.45) is -3.08. The van der Waals surface area contributed by atoms with Gasteiger partial charge >= 0.3 is 73.7 Å². The van der Waals surface area contributed by atoms with E-state index in [9.17, 15) is 59.4 Å². The molecule has 0 fully saturated rings. The number of carbonyl (C=O) groups excluding carboxylic acids is 6. The second-order valence-corrected chi connectivity index (χ2v) is 2.76. The van der Waals surface area contributed by atoms with Crippen molar-refractivity contribution in [2.24, 2.45) is 0 Å². The summed E-state index contributed by atoms with van der Waals surface area (Å²) in [5, 5.41) is 55.7. The second kappa shape index (κ2) is 21.3. The van der Waals surface area contributed by atoms with Crippen LogP contribution in [0.15, 0.2) is 0 Å². The van der Waals surface area contributed by atoms with Gasteiger partial charge in [0.15, 0.2) is 0 Å². The predicted octanol–water partition coefficient (Wildman–Crippen LogP) is -9.37. The Bertz CT molecular complexity index is 321. The van der Waals surface area contributed by atoms with Crippen LogP contribution in [-0.4, -0.2) is 35.8 Å². The van der Waals surface area contributed by atoms with Crippen molar-refractivity contribution in [2.75, 3.05) is 0 Å².